The van der Waals surface area contributed by atoms with Crippen LogP contribution in [0.3, 0.4) is 0 Å². The van der Waals surface area contributed by atoms with E-state index in [0.29, 0.717) is 64.6 Å². The van der Waals surface area contributed by atoms with Crippen LogP contribution in [0.25, 0.3) is 0 Å². The molecule has 12 heteroatoms. The van der Waals surface area contributed by atoms with Gasteiger partial charge in [-0.2, -0.15) is 0 Å². The van der Waals surface area contributed by atoms with Gasteiger partial charge in [-0.15, -0.1) is 0 Å². The van der Waals surface area contributed by atoms with Crippen molar-refractivity contribution >= 4 is 31.9 Å². The van der Waals surface area contributed by atoms with Gasteiger partial charge in [0.25, 0.3) is 0 Å². The van der Waals surface area contributed by atoms with E-state index in [4.69, 9.17) is 14.2 Å². The molecular weight excluding hydrogens is 1680 g/mol. The largest absolute Gasteiger partial charge is 0.392 e. The molecular formula is C113H184Br2O10. The van der Waals surface area contributed by atoms with Crippen molar-refractivity contribution in [3.63, 3.8) is 0 Å². The van der Waals surface area contributed by atoms with E-state index in [-0.39, 0.29) is 18.8 Å². The lowest BCUT2D eigenvalue weighted by atomic mass is 9.48. The van der Waals surface area contributed by atoms with Crippen LogP contribution in [0.5, 0.6) is 0 Å². The smallest absolute Gasteiger partial charge is 0.0882 e. The fourth-order valence-electron chi connectivity index (χ4n) is 40.1. The molecule has 0 spiro atoms. The van der Waals surface area contributed by atoms with E-state index in [0.717, 1.165) is 246 Å². The molecule has 20 rings (SSSR count). The molecule has 20 saturated carbocycles. The quantitative estimate of drug-likeness (QED) is 0.0619. The summed E-state index contributed by atoms with van der Waals surface area (Å²) in [6.07, 6.45) is 56.9. The van der Waals surface area contributed by atoms with Gasteiger partial charge in [0.1, 0.15) is 0 Å². The van der Waals surface area contributed by atoms with Gasteiger partial charge in [-0.1, -0.05) is 116 Å². The summed E-state index contributed by atoms with van der Waals surface area (Å²) in [5, 5.41) is 74.8. The lowest BCUT2D eigenvalue weighted by Crippen LogP contribution is -2.52. The number of hydrogen-bond acceptors (Lipinski definition) is 10. The zero-order chi connectivity index (χ0) is 89.1. The number of hydrogen-bond donors (Lipinski definition) is 7. The van der Waals surface area contributed by atoms with Crippen molar-refractivity contribution in [1.82, 2.24) is 0 Å². The van der Waals surface area contributed by atoms with Crippen LogP contribution in [-0.4, -0.2) is 129 Å². The molecule has 20 aliphatic rings. The van der Waals surface area contributed by atoms with E-state index in [2.05, 4.69) is 120 Å². The van der Waals surface area contributed by atoms with Gasteiger partial charge in [0.05, 0.1) is 61.0 Å². The van der Waals surface area contributed by atoms with Crippen molar-refractivity contribution < 1.29 is 50.0 Å². The van der Waals surface area contributed by atoms with Crippen molar-refractivity contribution in [3.05, 3.63) is 60.8 Å². The van der Waals surface area contributed by atoms with Crippen LogP contribution in [0.15, 0.2) is 60.8 Å². The van der Waals surface area contributed by atoms with Gasteiger partial charge in [-0.25, -0.2) is 0 Å². The Balaban J connectivity index is 0.000000115. The van der Waals surface area contributed by atoms with Crippen LogP contribution in [0.4, 0.5) is 0 Å². The normalized spacial score (nSPS) is 52.2. The van der Waals surface area contributed by atoms with Gasteiger partial charge in [-0.3, -0.25) is 0 Å². The Morgan fingerprint density at radius 3 is 0.712 bits per heavy atom. The number of rotatable bonds is 15. The SMILES string of the molecule is C=C(C)[C@H]1CC[C@H]2[C@@H]3CC[C@H]4C[C@@](O)(COC)CC[C@@H]4[C@H]3CC[C@]12C.C=C(CBr)[C@H]1CC[C@H]2[C@@H]3CC[C@H]4C[C@@](O)(COC)CC[C@@H]4[C@H]3CC[C@]12C.C=C(CBr)[C@H]1CC[C@H]2[C@@H]3CC[C@H]4C[C@](C)(O)CC[C@@H]4[C@H]3CC[C@]12C.C=C(CO)[C@H]1CC[C@H]2[C@@H]3CC[C@H]4C[C@@](O)(COC)CC[C@@H]4[C@H]3CC[C@]12C.C=C(CO)[C@H]1CC[C@H]2[C@@H]3CC[C@H]4C[C@](C)(O)CC[C@@H]4[C@H]3CC[C@]12C. The Morgan fingerprint density at radius 2 is 0.480 bits per heavy atom. The third kappa shape index (κ3) is 18.4. The molecule has 710 valence electrons. The van der Waals surface area contributed by atoms with E-state index < -0.39 is 22.4 Å². The van der Waals surface area contributed by atoms with E-state index >= 15 is 0 Å². The highest BCUT2D eigenvalue weighted by atomic mass is 79.9. The summed E-state index contributed by atoms with van der Waals surface area (Å²) < 4.78 is 15.9. The van der Waals surface area contributed by atoms with Crippen LogP contribution in [0, 0.1) is 205 Å². The predicted molar refractivity (Wildman–Crippen MR) is 518 cm³/mol. The van der Waals surface area contributed by atoms with Crippen LogP contribution >= 0.6 is 31.9 Å². The summed E-state index contributed by atoms with van der Waals surface area (Å²) in [5.74, 6) is 24.9. The van der Waals surface area contributed by atoms with Crippen LogP contribution in [-0.2, 0) is 14.2 Å². The summed E-state index contributed by atoms with van der Waals surface area (Å²) in [5.41, 5.74) is 6.25. The number of ether oxygens (including phenoxy) is 3. The average molecular weight is 1860 g/mol. The number of fused-ring (bicyclic) bond motifs is 25. The molecule has 0 aromatic rings. The van der Waals surface area contributed by atoms with Crippen molar-refractivity contribution in [1.29, 1.82) is 0 Å². The first-order chi connectivity index (χ1) is 59.4. The van der Waals surface area contributed by atoms with Gasteiger partial charge in [0.15, 0.2) is 0 Å². The molecule has 0 aromatic heterocycles. The Labute approximate surface area is 779 Å². The molecule has 0 saturated heterocycles. The molecule has 7 N–H and O–H groups in total. The number of halogens is 2. The van der Waals surface area contributed by atoms with Gasteiger partial charge in [-0.05, 0) is 525 Å². The summed E-state index contributed by atoms with van der Waals surface area (Å²) >= 11 is 7.34. The van der Waals surface area contributed by atoms with Gasteiger partial charge in [0, 0.05) is 32.0 Å². The summed E-state index contributed by atoms with van der Waals surface area (Å²) in [4.78, 5) is 0. The highest BCUT2D eigenvalue weighted by Crippen LogP contribution is 2.73. The second-order valence-corrected chi connectivity index (χ2v) is 52.4. The predicted octanol–water partition coefficient (Wildman–Crippen LogP) is 25.5. The minimum Gasteiger partial charge on any atom is -0.392 e. The highest BCUT2D eigenvalue weighted by Gasteiger charge is 2.65. The topological polar surface area (TPSA) is 169 Å². The van der Waals surface area contributed by atoms with Gasteiger partial charge >= 0.3 is 0 Å². The fraction of sp³-hybridized carbons (Fsp3) is 0.912. The Bertz CT molecular complexity index is 3550. The van der Waals surface area contributed by atoms with E-state index in [1.165, 1.54) is 241 Å². The number of alkyl halides is 2. The molecule has 0 bridgehead atoms. The van der Waals surface area contributed by atoms with Crippen molar-refractivity contribution in [3.8, 4) is 0 Å². The Morgan fingerprint density at radius 1 is 0.264 bits per heavy atom. The monoisotopic (exact) mass is 1860 g/mol. The average Bonchev–Trinajstić information content (AvgIpc) is 1.66. The lowest BCUT2D eigenvalue weighted by Gasteiger charge is -2.57. The number of methoxy groups -OCH3 is 3. The molecule has 0 aromatic carbocycles. The maximum Gasteiger partial charge on any atom is 0.0882 e. The molecule has 0 amide bonds. The maximum atomic E-state index is 10.9. The number of aliphatic hydroxyl groups excluding tert-OH is 2. The third-order valence-corrected chi connectivity index (χ3v) is 46.8. The van der Waals surface area contributed by atoms with Crippen LogP contribution in [0.1, 0.15) is 344 Å². The van der Waals surface area contributed by atoms with Gasteiger partial charge in [0.2, 0.25) is 0 Å². The summed E-state index contributed by atoms with van der Waals surface area (Å²) in [6, 6.07) is 0. The fourth-order valence-corrected chi connectivity index (χ4v) is 40.9. The van der Waals surface area contributed by atoms with Crippen molar-refractivity contribution in [2.24, 2.45) is 205 Å². The molecule has 0 aliphatic heterocycles. The summed E-state index contributed by atoms with van der Waals surface area (Å²) in [7, 11) is 5.15. The first-order valence-electron chi connectivity index (χ1n) is 53.2. The lowest BCUT2D eigenvalue weighted by molar-refractivity contribution is -0.123. The minimum atomic E-state index is -0.580. The first kappa shape index (κ1) is 97.3. The van der Waals surface area contributed by atoms with Crippen molar-refractivity contribution in [2.45, 2.75) is 372 Å². The molecule has 0 heterocycles. The second-order valence-electron chi connectivity index (χ2n) is 51.3. The number of allylic oxidation sites excluding steroid dienone is 3. The zero-order valence-electron chi connectivity index (χ0n) is 81.2. The van der Waals surface area contributed by atoms with E-state index in [1.807, 2.05) is 0 Å². The third-order valence-electron chi connectivity index (χ3n) is 45.3. The molecule has 20 fully saturated rings. The molecule has 20 aliphatic carbocycles. The van der Waals surface area contributed by atoms with Crippen molar-refractivity contribution in [2.75, 3.05) is 65.0 Å². The first-order valence-corrected chi connectivity index (χ1v) is 55.5. The minimum absolute atomic E-state index is 0.157. The van der Waals surface area contributed by atoms with E-state index in [1.54, 1.807) is 21.3 Å². The van der Waals surface area contributed by atoms with Gasteiger partial charge < -0.3 is 50.0 Å². The molecule has 10 nitrogen and oxygen atoms in total. The molecule has 125 heavy (non-hydrogen) atoms. The Kier molecular flexibility index (Phi) is 29.8. The molecule has 40 atom stereocenters. The Hall–Kier alpha value is -0.740. The number of aliphatic hydroxyl groups is 7. The zero-order valence-corrected chi connectivity index (χ0v) is 84.4. The highest BCUT2D eigenvalue weighted by molar-refractivity contribution is 9.09. The molecule has 0 unspecified atom stereocenters. The maximum absolute atomic E-state index is 10.9. The second kappa shape index (κ2) is 38.3. The van der Waals surface area contributed by atoms with Crippen LogP contribution < -0.4 is 0 Å². The molecule has 0 radical (unpaired) electrons. The van der Waals surface area contributed by atoms with Crippen LogP contribution in [0.2, 0.25) is 0 Å². The standard InChI is InChI=1S/C23H37BrO2.C23H38O3.C23H38O2.C22H35BrO.C22H36O2/c2*1-15(13-24)20-6-7-21-19-5-4-16-12-23(25,14-26-3)11-9-17(16)18(19)8-10-22(20,21)2;1-15(2)20-7-8-21-19-6-5-16-13-23(24,14-25-4)12-10-17(16)18(19)9-11-22(20,21)3;2*1-14(13-23)19-6-7-20-18-5-4-15-12-21(2,24)10-8-16(15)17(18)9-11-22(19,20)3/h16-21,25H,1,4-14H2,2-3H3;16-21,24-25H,1,4-14H2,2-3H3;16-21,24H,1,5-14H2,2-4H3;15-20,24H,1,4-13H2,2-3H3;15-20,23-24H,1,4-13H2,2-3H3/t3*16-,17-,18+,19+,20+,21-,22+,23+;2*15-,16-,17+,18+,19+,20-,21+,22+/m00000/s1. The van der Waals surface area contributed by atoms with E-state index in [9.17, 15) is 35.7 Å². The summed E-state index contributed by atoms with van der Waals surface area (Å²) in [6.45, 7) is 42.6.